The Morgan fingerprint density at radius 3 is 2.25 bits per heavy atom. The Morgan fingerprint density at radius 2 is 1.66 bits per heavy atom. The van der Waals surface area contributed by atoms with Crippen LogP contribution in [0.4, 0.5) is 0 Å². The minimum Gasteiger partial charge on any atom is -0.497 e. The Balaban J connectivity index is 0.00000363. The van der Waals surface area contributed by atoms with E-state index < -0.39 is 0 Å². The summed E-state index contributed by atoms with van der Waals surface area (Å²) in [5, 5.41) is 6.24. The number of guanidine groups is 1. The Hall–Kier alpha value is -2.49. The Labute approximate surface area is 207 Å². The van der Waals surface area contributed by atoms with Gasteiger partial charge in [-0.25, -0.2) is 4.99 Å². The molecule has 8 heteroatoms. The lowest BCUT2D eigenvalue weighted by Crippen LogP contribution is -2.40. The van der Waals surface area contributed by atoms with E-state index in [1.54, 1.807) is 14.2 Å². The number of carbonyl (C=O) groups is 1. The van der Waals surface area contributed by atoms with E-state index in [1.165, 1.54) is 5.56 Å². The quantitative estimate of drug-likeness (QED) is 0.299. The topological polar surface area (TPSA) is 75.2 Å². The number of halogens is 1. The van der Waals surface area contributed by atoms with Crippen molar-refractivity contribution >= 4 is 35.8 Å². The first-order valence-corrected chi connectivity index (χ1v) is 10.7. The van der Waals surface area contributed by atoms with E-state index in [4.69, 9.17) is 9.47 Å². The molecule has 7 nitrogen and oxygen atoms in total. The summed E-state index contributed by atoms with van der Waals surface area (Å²) in [4.78, 5) is 19.1. The number of methoxy groups -OCH3 is 2. The Kier molecular flexibility index (Phi) is 10.6. The molecule has 32 heavy (non-hydrogen) atoms. The van der Waals surface area contributed by atoms with Gasteiger partial charge in [-0.1, -0.05) is 24.3 Å². The van der Waals surface area contributed by atoms with Crippen molar-refractivity contribution in [3.63, 3.8) is 0 Å². The van der Waals surface area contributed by atoms with Crippen molar-refractivity contribution in [1.29, 1.82) is 0 Å². The van der Waals surface area contributed by atoms with Crippen LogP contribution in [0.3, 0.4) is 0 Å². The van der Waals surface area contributed by atoms with E-state index in [0.717, 1.165) is 49.1 Å². The molecular formula is C24H33IN4O3. The van der Waals surface area contributed by atoms with Crippen LogP contribution in [-0.4, -0.2) is 57.2 Å². The van der Waals surface area contributed by atoms with Gasteiger partial charge in [0.25, 0.3) is 0 Å². The number of amides is 1. The summed E-state index contributed by atoms with van der Waals surface area (Å²) >= 11 is 0. The molecular weight excluding hydrogens is 519 g/mol. The molecule has 1 aliphatic heterocycles. The molecule has 3 rings (SSSR count). The lowest BCUT2D eigenvalue weighted by atomic mass is 9.98. The van der Waals surface area contributed by atoms with Crippen LogP contribution < -0.4 is 20.1 Å². The van der Waals surface area contributed by atoms with Crippen molar-refractivity contribution in [3.8, 4) is 11.5 Å². The average Bonchev–Trinajstić information content (AvgIpc) is 3.31. The molecule has 174 valence electrons. The molecule has 0 bridgehead atoms. The van der Waals surface area contributed by atoms with Crippen LogP contribution in [0.25, 0.3) is 0 Å². The number of carbonyl (C=O) groups excluding carboxylic acids is 1. The van der Waals surface area contributed by atoms with Crippen LogP contribution >= 0.6 is 24.0 Å². The van der Waals surface area contributed by atoms with Crippen molar-refractivity contribution in [1.82, 2.24) is 15.5 Å². The molecule has 0 aliphatic carbocycles. The Bertz CT molecular complexity index is 872. The maximum atomic E-state index is 12.3. The minimum absolute atomic E-state index is 0. The molecule has 2 aromatic rings. The number of likely N-dealkylation sites (tertiary alicyclic amines) is 1. The predicted molar refractivity (Wildman–Crippen MR) is 138 cm³/mol. The van der Waals surface area contributed by atoms with Gasteiger partial charge in [0.05, 0.1) is 14.2 Å². The number of ether oxygens (including phenoxy) is 2. The maximum absolute atomic E-state index is 12.3. The second-order valence-electron chi connectivity index (χ2n) is 7.50. The zero-order chi connectivity index (χ0) is 22.1. The van der Waals surface area contributed by atoms with Gasteiger partial charge in [0.1, 0.15) is 18.0 Å². The summed E-state index contributed by atoms with van der Waals surface area (Å²) in [6.07, 6.45) is 1.06. The second-order valence-corrected chi connectivity index (χ2v) is 7.50. The molecule has 1 saturated heterocycles. The van der Waals surface area contributed by atoms with Crippen LogP contribution in [0, 0.1) is 0 Å². The molecule has 1 atom stereocenters. The number of hydrogen-bond acceptors (Lipinski definition) is 4. The molecule has 1 aliphatic rings. The molecule has 2 aromatic carbocycles. The van der Waals surface area contributed by atoms with E-state index in [-0.39, 0.29) is 36.4 Å². The highest BCUT2D eigenvalue weighted by atomic mass is 127. The fourth-order valence-electron chi connectivity index (χ4n) is 3.67. The van der Waals surface area contributed by atoms with Gasteiger partial charge in [-0.15, -0.1) is 24.0 Å². The third-order valence-corrected chi connectivity index (χ3v) is 5.43. The number of benzene rings is 2. The zero-order valence-corrected chi connectivity index (χ0v) is 21.3. The molecule has 0 spiro atoms. The van der Waals surface area contributed by atoms with Gasteiger partial charge in [-0.2, -0.15) is 0 Å². The van der Waals surface area contributed by atoms with Crippen LogP contribution in [0.5, 0.6) is 11.5 Å². The third-order valence-electron chi connectivity index (χ3n) is 5.43. The van der Waals surface area contributed by atoms with Gasteiger partial charge in [0.2, 0.25) is 5.91 Å². The molecule has 2 N–H and O–H groups in total. The molecule has 0 radical (unpaired) electrons. The summed E-state index contributed by atoms with van der Waals surface area (Å²) in [6.45, 7) is 5.16. The van der Waals surface area contributed by atoms with E-state index in [0.29, 0.717) is 12.5 Å². The summed E-state index contributed by atoms with van der Waals surface area (Å²) < 4.78 is 10.4. The summed E-state index contributed by atoms with van der Waals surface area (Å²) in [5.74, 6) is 2.80. The van der Waals surface area contributed by atoms with E-state index in [9.17, 15) is 4.79 Å². The van der Waals surface area contributed by atoms with Crippen molar-refractivity contribution in [2.24, 2.45) is 4.99 Å². The monoisotopic (exact) mass is 552 g/mol. The van der Waals surface area contributed by atoms with Crippen molar-refractivity contribution < 1.29 is 14.3 Å². The summed E-state index contributed by atoms with van der Waals surface area (Å²) in [5.41, 5.74) is 2.32. The van der Waals surface area contributed by atoms with Crippen LogP contribution in [0.1, 0.15) is 30.4 Å². The van der Waals surface area contributed by atoms with E-state index >= 15 is 0 Å². The van der Waals surface area contributed by atoms with E-state index in [2.05, 4.69) is 32.7 Å². The highest BCUT2D eigenvalue weighted by Crippen LogP contribution is 2.28. The van der Waals surface area contributed by atoms with Crippen molar-refractivity contribution in [3.05, 3.63) is 59.7 Å². The highest BCUT2D eigenvalue weighted by Gasteiger charge is 2.26. The van der Waals surface area contributed by atoms with Crippen molar-refractivity contribution in [2.75, 3.05) is 40.4 Å². The Morgan fingerprint density at radius 1 is 1.03 bits per heavy atom. The van der Waals surface area contributed by atoms with Crippen LogP contribution in [0.2, 0.25) is 0 Å². The molecule has 1 unspecified atom stereocenters. The number of nitrogens with one attached hydrogen (secondary N) is 2. The zero-order valence-electron chi connectivity index (χ0n) is 19.0. The van der Waals surface area contributed by atoms with Crippen molar-refractivity contribution in [2.45, 2.75) is 25.8 Å². The van der Waals surface area contributed by atoms with Gasteiger partial charge >= 0.3 is 0 Å². The molecule has 1 fully saturated rings. The van der Waals surface area contributed by atoms with E-state index in [1.807, 2.05) is 43.3 Å². The van der Waals surface area contributed by atoms with Gasteiger partial charge in [0, 0.05) is 32.1 Å². The first-order valence-electron chi connectivity index (χ1n) is 10.7. The normalized spacial score (nSPS) is 15.7. The molecule has 0 aromatic heterocycles. The second kappa shape index (κ2) is 13.1. The number of rotatable bonds is 8. The largest absolute Gasteiger partial charge is 0.497 e. The lowest BCUT2D eigenvalue weighted by molar-refractivity contribution is -0.119. The number of hydrogen-bond donors (Lipinski definition) is 2. The van der Waals surface area contributed by atoms with Gasteiger partial charge in [-0.05, 0) is 48.7 Å². The molecule has 0 saturated carbocycles. The fourth-order valence-corrected chi connectivity index (χ4v) is 3.67. The molecule has 1 amide bonds. The summed E-state index contributed by atoms with van der Waals surface area (Å²) in [6, 6.07) is 15.9. The fraction of sp³-hybridized carbons (Fsp3) is 0.417. The third kappa shape index (κ3) is 7.29. The highest BCUT2D eigenvalue weighted by molar-refractivity contribution is 14.0. The first-order chi connectivity index (χ1) is 15.1. The van der Waals surface area contributed by atoms with Crippen LogP contribution in [-0.2, 0) is 11.3 Å². The lowest BCUT2D eigenvalue weighted by Gasteiger charge is -2.21. The van der Waals surface area contributed by atoms with Gasteiger partial charge in [-0.3, -0.25) is 4.79 Å². The standard InChI is InChI=1S/C24H32N4O3.HI/c1-4-25-24(27-16-23(29)26-15-18-5-9-21(30-2)10-6-18)28-14-13-20(17-28)19-7-11-22(31-3)12-8-19;/h5-12,20H,4,13-17H2,1-3H3,(H,25,27)(H,26,29);1H. The smallest absolute Gasteiger partial charge is 0.242 e. The number of aliphatic imine (C=N–C) groups is 1. The minimum atomic E-state index is -0.0999. The predicted octanol–water partition coefficient (Wildman–Crippen LogP) is 3.39. The number of nitrogens with zero attached hydrogens (tertiary/aromatic N) is 2. The first kappa shape index (κ1) is 25.8. The van der Waals surface area contributed by atoms with Gasteiger partial charge in [0.15, 0.2) is 5.96 Å². The average molecular weight is 552 g/mol. The molecule has 1 heterocycles. The van der Waals surface area contributed by atoms with Gasteiger partial charge < -0.3 is 25.0 Å². The maximum Gasteiger partial charge on any atom is 0.242 e. The van der Waals surface area contributed by atoms with Crippen LogP contribution in [0.15, 0.2) is 53.5 Å². The summed E-state index contributed by atoms with van der Waals surface area (Å²) in [7, 11) is 3.31. The SMILES string of the molecule is CCNC(=NCC(=O)NCc1ccc(OC)cc1)N1CCC(c2ccc(OC)cc2)C1.I.